The van der Waals surface area contributed by atoms with Gasteiger partial charge in [-0.15, -0.1) is 0 Å². The van der Waals surface area contributed by atoms with E-state index >= 15 is 0 Å². The summed E-state index contributed by atoms with van der Waals surface area (Å²) >= 11 is 0. The lowest BCUT2D eigenvalue weighted by molar-refractivity contribution is -0.122. The molecule has 1 atom stereocenters. The quantitative estimate of drug-likeness (QED) is 0.873. The third kappa shape index (κ3) is 3.92. The Labute approximate surface area is 120 Å². The van der Waals surface area contributed by atoms with Crippen LogP contribution in [0.3, 0.4) is 0 Å². The molecule has 2 rings (SSSR count). The maximum Gasteiger partial charge on any atom is 0.227 e. The Hall–Kier alpha value is -2.16. The highest BCUT2D eigenvalue weighted by atomic mass is 16.1. The van der Waals surface area contributed by atoms with Crippen LogP contribution in [0.4, 0.5) is 0 Å². The van der Waals surface area contributed by atoms with E-state index in [-0.39, 0.29) is 11.8 Å². The van der Waals surface area contributed by atoms with Crippen molar-refractivity contribution in [3.05, 3.63) is 66.0 Å². The van der Waals surface area contributed by atoms with Crippen molar-refractivity contribution in [1.82, 2.24) is 10.3 Å². The van der Waals surface area contributed by atoms with Crippen LogP contribution in [0.5, 0.6) is 0 Å². The average molecular weight is 268 g/mol. The van der Waals surface area contributed by atoms with Crippen molar-refractivity contribution >= 4 is 5.91 Å². The lowest BCUT2D eigenvalue weighted by atomic mass is 9.93. The molecule has 0 spiro atoms. The molecule has 1 unspecified atom stereocenters. The second-order valence-corrected chi connectivity index (χ2v) is 4.83. The minimum Gasteiger partial charge on any atom is -0.351 e. The molecule has 1 N–H and O–H groups in total. The summed E-state index contributed by atoms with van der Waals surface area (Å²) in [7, 11) is 0. The molecule has 1 aromatic heterocycles. The summed E-state index contributed by atoms with van der Waals surface area (Å²) < 4.78 is 0. The Bertz CT molecular complexity index is 525. The molecule has 20 heavy (non-hydrogen) atoms. The molecule has 0 saturated heterocycles. The molecular weight excluding hydrogens is 248 g/mol. The van der Waals surface area contributed by atoms with Crippen molar-refractivity contribution in [2.75, 3.05) is 0 Å². The zero-order chi connectivity index (χ0) is 14.2. The number of carbonyl (C=O) groups excluding carboxylic acids is 1. The monoisotopic (exact) mass is 268 g/mol. The van der Waals surface area contributed by atoms with Crippen LogP contribution in [0.25, 0.3) is 0 Å². The first-order chi connectivity index (χ1) is 9.81. The minimum absolute atomic E-state index is 0.0714. The second-order valence-electron chi connectivity index (χ2n) is 4.83. The Kier molecular flexibility index (Phi) is 5.30. The predicted molar refractivity (Wildman–Crippen MR) is 80.2 cm³/mol. The Morgan fingerprint density at radius 1 is 1.20 bits per heavy atom. The molecule has 0 aliphatic carbocycles. The number of hydrogen-bond donors (Lipinski definition) is 1. The first-order valence-corrected chi connectivity index (χ1v) is 7.03. The summed E-state index contributed by atoms with van der Waals surface area (Å²) in [6.45, 7) is 2.63. The van der Waals surface area contributed by atoms with Crippen molar-refractivity contribution in [2.24, 2.45) is 0 Å². The summed E-state index contributed by atoms with van der Waals surface area (Å²) in [5, 5.41) is 3.00. The number of hydrogen-bond acceptors (Lipinski definition) is 2. The summed E-state index contributed by atoms with van der Waals surface area (Å²) in [6.07, 6.45) is 5.36. The van der Waals surface area contributed by atoms with Gasteiger partial charge in [-0.25, -0.2) is 0 Å². The van der Waals surface area contributed by atoms with Gasteiger partial charge in [0.05, 0.1) is 5.92 Å². The molecule has 1 amide bonds. The van der Waals surface area contributed by atoms with Crippen LogP contribution in [0.1, 0.15) is 36.8 Å². The summed E-state index contributed by atoms with van der Waals surface area (Å²) in [5.74, 6) is 0.0137. The normalized spacial score (nSPS) is 11.8. The van der Waals surface area contributed by atoms with Crippen molar-refractivity contribution in [2.45, 2.75) is 32.2 Å². The highest BCUT2D eigenvalue weighted by Gasteiger charge is 2.18. The van der Waals surface area contributed by atoms with Gasteiger partial charge in [-0.05, 0) is 23.6 Å². The molecule has 1 aromatic carbocycles. The van der Waals surface area contributed by atoms with Crippen LogP contribution in [-0.4, -0.2) is 10.9 Å². The van der Waals surface area contributed by atoms with E-state index in [9.17, 15) is 4.79 Å². The van der Waals surface area contributed by atoms with E-state index in [0.29, 0.717) is 6.54 Å². The lowest BCUT2D eigenvalue weighted by Crippen LogP contribution is -2.29. The van der Waals surface area contributed by atoms with Crippen LogP contribution in [0.2, 0.25) is 0 Å². The Balaban J connectivity index is 2.01. The number of aromatic nitrogens is 1. The smallest absolute Gasteiger partial charge is 0.227 e. The van der Waals surface area contributed by atoms with Gasteiger partial charge in [-0.3, -0.25) is 9.78 Å². The van der Waals surface area contributed by atoms with Gasteiger partial charge in [0.2, 0.25) is 5.91 Å². The van der Waals surface area contributed by atoms with Gasteiger partial charge in [0, 0.05) is 18.9 Å². The number of carbonyl (C=O) groups is 1. The number of nitrogens with one attached hydrogen (secondary N) is 1. The van der Waals surface area contributed by atoms with Crippen molar-refractivity contribution in [1.29, 1.82) is 0 Å². The average Bonchev–Trinajstić information content (AvgIpc) is 2.52. The van der Waals surface area contributed by atoms with Crippen molar-refractivity contribution in [3.63, 3.8) is 0 Å². The molecule has 0 saturated carbocycles. The number of amides is 1. The number of benzene rings is 1. The van der Waals surface area contributed by atoms with Crippen LogP contribution >= 0.6 is 0 Å². The van der Waals surface area contributed by atoms with Gasteiger partial charge < -0.3 is 5.32 Å². The fourth-order valence-electron chi connectivity index (χ4n) is 2.24. The maximum atomic E-state index is 12.4. The fourth-order valence-corrected chi connectivity index (χ4v) is 2.24. The Morgan fingerprint density at radius 2 is 2.00 bits per heavy atom. The third-order valence-electron chi connectivity index (χ3n) is 3.29. The molecule has 3 nitrogen and oxygen atoms in total. The Morgan fingerprint density at radius 3 is 2.65 bits per heavy atom. The van der Waals surface area contributed by atoms with Gasteiger partial charge in [-0.2, -0.15) is 0 Å². The predicted octanol–water partition coefficient (Wildman–Crippen LogP) is 3.28. The number of nitrogens with zero attached hydrogens (tertiary/aromatic N) is 1. The molecule has 0 radical (unpaired) electrons. The molecule has 0 aliphatic heterocycles. The molecule has 0 bridgehead atoms. The summed E-state index contributed by atoms with van der Waals surface area (Å²) in [4.78, 5) is 16.4. The molecule has 104 valence electrons. The zero-order valence-corrected chi connectivity index (χ0v) is 11.8. The van der Waals surface area contributed by atoms with E-state index in [1.54, 1.807) is 12.4 Å². The minimum atomic E-state index is -0.0714. The van der Waals surface area contributed by atoms with E-state index in [1.807, 2.05) is 42.5 Å². The zero-order valence-electron chi connectivity index (χ0n) is 11.8. The number of pyridine rings is 1. The van der Waals surface area contributed by atoms with E-state index in [0.717, 1.165) is 24.0 Å². The first kappa shape index (κ1) is 14.3. The number of rotatable bonds is 6. The molecular formula is C17H20N2O. The maximum absolute atomic E-state index is 12.4. The molecule has 1 heterocycles. The van der Waals surface area contributed by atoms with Gasteiger partial charge in [0.1, 0.15) is 0 Å². The van der Waals surface area contributed by atoms with Crippen LogP contribution in [0, 0.1) is 0 Å². The van der Waals surface area contributed by atoms with Gasteiger partial charge in [0.15, 0.2) is 0 Å². The largest absolute Gasteiger partial charge is 0.351 e. The van der Waals surface area contributed by atoms with Crippen molar-refractivity contribution in [3.8, 4) is 0 Å². The first-order valence-electron chi connectivity index (χ1n) is 7.03. The van der Waals surface area contributed by atoms with Gasteiger partial charge in [-0.1, -0.05) is 49.7 Å². The molecule has 2 aromatic rings. The van der Waals surface area contributed by atoms with Crippen molar-refractivity contribution < 1.29 is 4.79 Å². The van der Waals surface area contributed by atoms with Gasteiger partial charge >= 0.3 is 0 Å². The lowest BCUT2D eigenvalue weighted by Gasteiger charge is -2.16. The highest BCUT2D eigenvalue weighted by Crippen LogP contribution is 2.21. The van der Waals surface area contributed by atoms with E-state index < -0.39 is 0 Å². The topological polar surface area (TPSA) is 42.0 Å². The molecule has 3 heteroatoms. The third-order valence-corrected chi connectivity index (χ3v) is 3.29. The van der Waals surface area contributed by atoms with Crippen LogP contribution in [0.15, 0.2) is 54.9 Å². The second kappa shape index (κ2) is 7.43. The summed E-state index contributed by atoms with van der Waals surface area (Å²) in [6, 6.07) is 13.8. The molecule has 0 fully saturated rings. The van der Waals surface area contributed by atoms with Crippen LogP contribution < -0.4 is 5.32 Å². The van der Waals surface area contributed by atoms with E-state index in [1.165, 1.54) is 0 Å². The standard InChI is InChI=1S/C17H20N2O/c1-2-7-16(15-9-4-3-5-10-15)17(20)19-13-14-8-6-11-18-12-14/h3-6,8-12,16H,2,7,13H2,1H3,(H,19,20). The SMILES string of the molecule is CCCC(C(=O)NCc1cccnc1)c1ccccc1. The summed E-state index contributed by atoms with van der Waals surface area (Å²) in [5.41, 5.74) is 2.10. The van der Waals surface area contributed by atoms with Gasteiger partial charge in [0.25, 0.3) is 0 Å². The van der Waals surface area contributed by atoms with E-state index in [4.69, 9.17) is 0 Å². The van der Waals surface area contributed by atoms with Crippen LogP contribution in [-0.2, 0) is 11.3 Å². The fraction of sp³-hybridized carbons (Fsp3) is 0.294. The van der Waals surface area contributed by atoms with E-state index in [2.05, 4.69) is 17.2 Å². The molecule has 0 aliphatic rings. The highest BCUT2D eigenvalue weighted by molar-refractivity contribution is 5.83.